The van der Waals surface area contributed by atoms with Crippen LogP contribution < -0.4 is 5.32 Å². The Morgan fingerprint density at radius 3 is 2.94 bits per heavy atom. The highest BCUT2D eigenvalue weighted by Gasteiger charge is 2.10. The molecule has 7 heteroatoms. The lowest BCUT2D eigenvalue weighted by Gasteiger charge is -2.05. The van der Waals surface area contributed by atoms with Crippen LogP contribution in [-0.2, 0) is 13.6 Å². The molecule has 0 aliphatic rings. The van der Waals surface area contributed by atoms with Gasteiger partial charge in [0.1, 0.15) is 6.33 Å². The molecule has 0 atom stereocenters. The Labute approximate surface area is 118 Å². The highest BCUT2D eigenvalue weighted by molar-refractivity contribution is 9.10. The van der Waals surface area contributed by atoms with Crippen LogP contribution in [0.4, 0.5) is 0 Å². The first-order valence-electron chi connectivity index (χ1n) is 5.17. The summed E-state index contributed by atoms with van der Waals surface area (Å²) in [6, 6.07) is 5.29. The number of benzene rings is 1. The normalized spacial score (nSPS) is 10.4. The van der Waals surface area contributed by atoms with Crippen molar-refractivity contribution in [1.29, 1.82) is 0 Å². The lowest BCUT2D eigenvalue weighted by molar-refractivity contribution is 0.0947. The lowest BCUT2D eigenvalue weighted by Crippen LogP contribution is -2.24. The molecule has 2 rings (SSSR count). The van der Waals surface area contributed by atoms with Crippen molar-refractivity contribution < 1.29 is 4.79 Å². The molecule has 0 radical (unpaired) electrons. The number of thiol groups is 1. The molecule has 1 amide bonds. The minimum atomic E-state index is -0.194. The number of nitrogens with one attached hydrogen (secondary N) is 1. The molecule has 18 heavy (non-hydrogen) atoms. The van der Waals surface area contributed by atoms with Crippen LogP contribution in [0.5, 0.6) is 0 Å². The van der Waals surface area contributed by atoms with Crippen molar-refractivity contribution in [3.8, 4) is 0 Å². The number of halogens is 1. The molecule has 1 aromatic heterocycles. The van der Waals surface area contributed by atoms with Crippen LogP contribution in [0.3, 0.4) is 0 Å². The van der Waals surface area contributed by atoms with Crippen LogP contribution in [0.15, 0.2) is 33.9 Å². The number of amides is 1. The highest BCUT2D eigenvalue weighted by atomic mass is 79.9. The quantitative estimate of drug-likeness (QED) is 0.845. The van der Waals surface area contributed by atoms with E-state index < -0.39 is 0 Å². The van der Waals surface area contributed by atoms with Gasteiger partial charge in [0.15, 0.2) is 5.82 Å². The Morgan fingerprint density at radius 1 is 1.56 bits per heavy atom. The number of hydrogen-bond acceptors (Lipinski definition) is 4. The van der Waals surface area contributed by atoms with Crippen molar-refractivity contribution >= 4 is 34.5 Å². The second-order valence-corrected chi connectivity index (χ2v) is 5.08. The van der Waals surface area contributed by atoms with Gasteiger partial charge in [-0.05, 0) is 18.2 Å². The predicted octanol–water partition coefficient (Wildman–Crippen LogP) is 1.80. The zero-order chi connectivity index (χ0) is 13.1. The highest BCUT2D eigenvalue weighted by Crippen LogP contribution is 2.19. The summed E-state index contributed by atoms with van der Waals surface area (Å²) in [6.07, 6.45) is 1.59. The van der Waals surface area contributed by atoms with Crippen molar-refractivity contribution in [1.82, 2.24) is 20.1 Å². The number of hydrogen-bond donors (Lipinski definition) is 2. The molecule has 0 spiro atoms. The van der Waals surface area contributed by atoms with Crippen molar-refractivity contribution in [3.63, 3.8) is 0 Å². The van der Waals surface area contributed by atoms with E-state index in [1.165, 1.54) is 0 Å². The first-order valence-corrected chi connectivity index (χ1v) is 6.41. The summed E-state index contributed by atoms with van der Waals surface area (Å²) in [7, 11) is 1.78. The van der Waals surface area contributed by atoms with Gasteiger partial charge in [0.05, 0.1) is 12.1 Å². The lowest BCUT2D eigenvalue weighted by atomic mass is 10.2. The number of aryl methyl sites for hydroxylation is 1. The molecule has 5 nitrogen and oxygen atoms in total. The first kappa shape index (κ1) is 13.1. The smallest absolute Gasteiger partial charge is 0.252 e. The van der Waals surface area contributed by atoms with Crippen LogP contribution in [0.25, 0.3) is 0 Å². The van der Waals surface area contributed by atoms with E-state index in [2.05, 4.69) is 44.0 Å². The molecular formula is C11H11BrN4OS. The Morgan fingerprint density at radius 2 is 2.33 bits per heavy atom. The van der Waals surface area contributed by atoms with E-state index in [4.69, 9.17) is 0 Å². The van der Waals surface area contributed by atoms with Crippen LogP contribution in [0.1, 0.15) is 16.2 Å². The number of nitrogens with zero attached hydrogens (tertiary/aromatic N) is 3. The predicted molar refractivity (Wildman–Crippen MR) is 73.6 cm³/mol. The second kappa shape index (κ2) is 5.53. The third kappa shape index (κ3) is 3.11. The maximum Gasteiger partial charge on any atom is 0.252 e. The Hall–Kier alpha value is -1.34. The molecule has 1 heterocycles. The molecule has 0 saturated carbocycles. The fraction of sp³-hybridized carbons (Fsp3) is 0.182. The summed E-state index contributed by atoms with van der Waals surface area (Å²) in [5, 5.41) is 6.82. The van der Waals surface area contributed by atoms with Crippen LogP contribution in [0.2, 0.25) is 0 Å². The van der Waals surface area contributed by atoms with Crippen molar-refractivity contribution in [2.75, 3.05) is 0 Å². The SMILES string of the molecule is Cn1cnc(CNC(=O)c2ccc(Br)cc2S)n1. The summed E-state index contributed by atoms with van der Waals surface area (Å²) >= 11 is 7.59. The number of aromatic nitrogens is 3. The van der Waals surface area contributed by atoms with Gasteiger partial charge in [0.2, 0.25) is 0 Å². The van der Waals surface area contributed by atoms with Gasteiger partial charge in [-0.25, -0.2) is 4.98 Å². The zero-order valence-corrected chi connectivity index (χ0v) is 12.1. The summed E-state index contributed by atoms with van der Waals surface area (Å²) < 4.78 is 2.47. The summed E-state index contributed by atoms with van der Waals surface area (Å²) in [6.45, 7) is 0.295. The van der Waals surface area contributed by atoms with E-state index >= 15 is 0 Å². The summed E-state index contributed by atoms with van der Waals surface area (Å²) in [4.78, 5) is 16.6. The van der Waals surface area contributed by atoms with E-state index in [0.29, 0.717) is 22.8 Å². The third-order valence-corrected chi connectivity index (χ3v) is 3.12. The summed E-state index contributed by atoms with van der Waals surface area (Å²) in [5.74, 6) is 0.378. The molecule has 0 aliphatic heterocycles. The molecule has 0 saturated heterocycles. The minimum absolute atomic E-state index is 0.194. The fourth-order valence-electron chi connectivity index (χ4n) is 1.42. The van der Waals surface area contributed by atoms with Crippen molar-refractivity contribution in [2.24, 2.45) is 7.05 Å². The summed E-state index contributed by atoms with van der Waals surface area (Å²) in [5.41, 5.74) is 0.525. The average Bonchev–Trinajstić information content (AvgIpc) is 2.72. The van der Waals surface area contributed by atoms with Crippen LogP contribution in [-0.4, -0.2) is 20.7 Å². The molecule has 0 unspecified atom stereocenters. The van der Waals surface area contributed by atoms with Crippen molar-refractivity contribution in [2.45, 2.75) is 11.4 Å². The van der Waals surface area contributed by atoms with E-state index in [9.17, 15) is 4.79 Å². The Bertz CT molecular complexity index is 584. The van der Waals surface area contributed by atoms with Crippen LogP contribution >= 0.6 is 28.6 Å². The molecule has 0 fully saturated rings. The first-order chi connectivity index (χ1) is 8.56. The van der Waals surface area contributed by atoms with Gasteiger partial charge < -0.3 is 5.32 Å². The minimum Gasteiger partial charge on any atom is -0.345 e. The fourth-order valence-corrected chi connectivity index (χ4v) is 2.27. The van der Waals surface area contributed by atoms with Gasteiger partial charge in [-0.15, -0.1) is 12.6 Å². The Kier molecular flexibility index (Phi) is 4.03. The van der Waals surface area contributed by atoms with Gasteiger partial charge in [0.25, 0.3) is 5.91 Å². The van der Waals surface area contributed by atoms with Gasteiger partial charge in [0, 0.05) is 16.4 Å². The number of rotatable bonds is 3. The molecule has 0 aliphatic carbocycles. The van der Waals surface area contributed by atoms with Gasteiger partial charge >= 0.3 is 0 Å². The number of carbonyl (C=O) groups excluding carboxylic acids is 1. The zero-order valence-electron chi connectivity index (χ0n) is 9.59. The second-order valence-electron chi connectivity index (χ2n) is 3.68. The molecule has 94 valence electrons. The van der Waals surface area contributed by atoms with E-state index in [1.807, 2.05) is 0 Å². The maximum atomic E-state index is 11.9. The number of carbonyl (C=O) groups is 1. The van der Waals surface area contributed by atoms with Gasteiger partial charge in [-0.2, -0.15) is 5.10 Å². The molecular weight excluding hydrogens is 316 g/mol. The average molecular weight is 327 g/mol. The van der Waals surface area contributed by atoms with E-state index in [0.717, 1.165) is 4.47 Å². The molecule has 0 bridgehead atoms. The molecule has 1 aromatic carbocycles. The standard InChI is InChI=1S/C11H11BrN4OS/c1-16-6-14-10(15-16)5-13-11(17)8-3-2-7(12)4-9(8)18/h2-4,6,18H,5H2,1H3,(H,13,17). The van der Waals surface area contributed by atoms with Gasteiger partial charge in [-0.3, -0.25) is 9.48 Å². The van der Waals surface area contributed by atoms with E-state index in [-0.39, 0.29) is 5.91 Å². The molecule has 2 aromatic rings. The molecule has 1 N–H and O–H groups in total. The van der Waals surface area contributed by atoms with Crippen LogP contribution in [0, 0.1) is 0 Å². The van der Waals surface area contributed by atoms with Gasteiger partial charge in [-0.1, -0.05) is 15.9 Å². The van der Waals surface area contributed by atoms with Crippen molar-refractivity contribution in [3.05, 3.63) is 40.4 Å². The topological polar surface area (TPSA) is 59.8 Å². The largest absolute Gasteiger partial charge is 0.345 e. The maximum absolute atomic E-state index is 11.9. The monoisotopic (exact) mass is 326 g/mol. The third-order valence-electron chi connectivity index (χ3n) is 2.26. The van der Waals surface area contributed by atoms with E-state index in [1.54, 1.807) is 36.3 Å². The Balaban J connectivity index is 2.03.